The molecule has 0 bridgehead atoms. The lowest BCUT2D eigenvalue weighted by molar-refractivity contribution is -0.141. The standard InChI is InChI=1S/C6H11BrO2S/c1-2-3-6(10)9-5(8)4-7/h6,10H,2-4H2,1H3. The molecular weight excluding hydrogens is 216 g/mol. The van der Waals surface area contributed by atoms with Crippen molar-refractivity contribution in [3.05, 3.63) is 0 Å². The zero-order chi connectivity index (χ0) is 7.98. The van der Waals surface area contributed by atoms with Crippen LogP contribution in [0.5, 0.6) is 0 Å². The number of hydrogen-bond donors (Lipinski definition) is 1. The fourth-order valence-corrected chi connectivity index (χ4v) is 0.997. The van der Waals surface area contributed by atoms with Crippen LogP contribution < -0.4 is 0 Å². The Balaban J connectivity index is 3.37. The zero-order valence-electron chi connectivity index (χ0n) is 5.84. The van der Waals surface area contributed by atoms with E-state index in [-0.39, 0.29) is 16.7 Å². The van der Waals surface area contributed by atoms with E-state index in [1.165, 1.54) is 0 Å². The number of thiol groups is 1. The SMILES string of the molecule is CCCC(S)OC(=O)CBr. The van der Waals surface area contributed by atoms with Gasteiger partial charge in [0.1, 0.15) is 10.8 Å². The summed E-state index contributed by atoms with van der Waals surface area (Å²) < 4.78 is 4.82. The number of hydrogen-bond acceptors (Lipinski definition) is 3. The van der Waals surface area contributed by atoms with Crippen LogP contribution in [0.1, 0.15) is 19.8 Å². The molecule has 0 fully saturated rings. The number of alkyl halides is 1. The summed E-state index contributed by atoms with van der Waals surface area (Å²) in [6.07, 6.45) is 1.78. The van der Waals surface area contributed by atoms with E-state index in [4.69, 9.17) is 4.74 Å². The van der Waals surface area contributed by atoms with E-state index in [1.807, 2.05) is 6.92 Å². The highest BCUT2D eigenvalue weighted by Crippen LogP contribution is 2.06. The van der Waals surface area contributed by atoms with E-state index >= 15 is 0 Å². The van der Waals surface area contributed by atoms with Crippen LogP contribution in [0.25, 0.3) is 0 Å². The second-order valence-electron chi connectivity index (χ2n) is 1.87. The Morgan fingerprint density at radius 1 is 1.80 bits per heavy atom. The largest absolute Gasteiger partial charge is 0.451 e. The molecule has 0 rings (SSSR count). The summed E-state index contributed by atoms with van der Waals surface area (Å²) in [6.45, 7) is 2.02. The maximum Gasteiger partial charge on any atom is 0.317 e. The molecule has 0 aromatic carbocycles. The Morgan fingerprint density at radius 3 is 2.80 bits per heavy atom. The molecule has 0 amide bonds. The van der Waals surface area contributed by atoms with Gasteiger partial charge in [0.25, 0.3) is 0 Å². The molecule has 0 saturated carbocycles. The molecule has 0 aromatic heterocycles. The van der Waals surface area contributed by atoms with Crippen LogP contribution in [-0.2, 0) is 9.53 Å². The molecule has 2 nitrogen and oxygen atoms in total. The minimum absolute atomic E-state index is 0.241. The van der Waals surface area contributed by atoms with Gasteiger partial charge >= 0.3 is 5.97 Å². The summed E-state index contributed by atoms with van der Waals surface area (Å²) in [6, 6.07) is 0. The van der Waals surface area contributed by atoms with Crippen LogP contribution in [0.2, 0.25) is 0 Å². The van der Waals surface area contributed by atoms with Crippen LogP contribution >= 0.6 is 28.6 Å². The van der Waals surface area contributed by atoms with Crippen molar-refractivity contribution in [1.29, 1.82) is 0 Å². The second kappa shape index (κ2) is 6.04. The van der Waals surface area contributed by atoms with Gasteiger partial charge < -0.3 is 4.74 Å². The molecule has 0 aromatic rings. The molecular formula is C6H11BrO2S. The maximum atomic E-state index is 10.6. The highest BCUT2D eigenvalue weighted by atomic mass is 79.9. The Morgan fingerprint density at radius 2 is 2.40 bits per heavy atom. The molecule has 4 heteroatoms. The van der Waals surface area contributed by atoms with E-state index in [0.717, 1.165) is 12.8 Å². The number of carbonyl (C=O) groups is 1. The van der Waals surface area contributed by atoms with Gasteiger partial charge in [-0.25, -0.2) is 0 Å². The Labute approximate surface area is 74.9 Å². The summed E-state index contributed by atoms with van der Waals surface area (Å²) in [4.78, 5) is 10.6. The summed E-state index contributed by atoms with van der Waals surface area (Å²) in [7, 11) is 0. The summed E-state index contributed by atoms with van der Waals surface area (Å²) in [5, 5.41) is 0.244. The predicted molar refractivity (Wildman–Crippen MR) is 47.6 cm³/mol. The smallest absolute Gasteiger partial charge is 0.317 e. The van der Waals surface area contributed by atoms with Gasteiger partial charge in [-0.3, -0.25) is 4.79 Å². The van der Waals surface area contributed by atoms with Gasteiger partial charge in [-0.15, -0.1) is 12.6 Å². The van der Waals surface area contributed by atoms with Crippen molar-refractivity contribution in [2.45, 2.75) is 25.2 Å². The first-order valence-corrected chi connectivity index (χ1v) is 4.78. The van der Waals surface area contributed by atoms with E-state index in [0.29, 0.717) is 0 Å². The van der Waals surface area contributed by atoms with E-state index in [1.54, 1.807) is 0 Å². The molecule has 0 radical (unpaired) electrons. The quantitative estimate of drug-likeness (QED) is 0.344. The van der Waals surface area contributed by atoms with Crippen molar-refractivity contribution in [1.82, 2.24) is 0 Å². The average molecular weight is 227 g/mol. The molecule has 0 N–H and O–H groups in total. The predicted octanol–water partition coefficient (Wildman–Crippen LogP) is 1.98. The number of halogens is 1. The van der Waals surface area contributed by atoms with Gasteiger partial charge in [0.05, 0.1) is 0 Å². The van der Waals surface area contributed by atoms with Crippen LogP contribution in [-0.4, -0.2) is 16.7 Å². The van der Waals surface area contributed by atoms with Gasteiger partial charge in [-0.2, -0.15) is 0 Å². The lowest BCUT2D eigenvalue weighted by Crippen LogP contribution is -2.12. The van der Waals surface area contributed by atoms with Gasteiger partial charge in [-0.05, 0) is 6.42 Å². The zero-order valence-corrected chi connectivity index (χ0v) is 8.32. The first-order valence-electron chi connectivity index (χ1n) is 3.14. The van der Waals surface area contributed by atoms with Crippen molar-refractivity contribution in [2.75, 3.05) is 5.33 Å². The van der Waals surface area contributed by atoms with Crippen molar-refractivity contribution < 1.29 is 9.53 Å². The van der Waals surface area contributed by atoms with Gasteiger partial charge in [0, 0.05) is 0 Å². The average Bonchev–Trinajstić information content (AvgIpc) is 1.88. The molecule has 0 aliphatic carbocycles. The Kier molecular flexibility index (Phi) is 6.22. The maximum absolute atomic E-state index is 10.6. The minimum Gasteiger partial charge on any atom is -0.451 e. The highest BCUT2D eigenvalue weighted by Gasteiger charge is 2.06. The van der Waals surface area contributed by atoms with Gasteiger partial charge in [-0.1, -0.05) is 29.3 Å². The van der Waals surface area contributed by atoms with Crippen molar-refractivity contribution in [3.8, 4) is 0 Å². The minimum atomic E-state index is -0.256. The Hall–Kier alpha value is 0.300. The molecule has 1 atom stereocenters. The monoisotopic (exact) mass is 226 g/mol. The van der Waals surface area contributed by atoms with Crippen LogP contribution in [0, 0.1) is 0 Å². The lowest BCUT2D eigenvalue weighted by Gasteiger charge is -2.08. The fourth-order valence-electron chi connectivity index (χ4n) is 0.489. The molecule has 0 saturated heterocycles. The van der Waals surface area contributed by atoms with Gasteiger partial charge in [0.15, 0.2) is 0 Å². The first-order chi connectivity index (χ1) is 4.70. The van der Waals surface area contributed by atoms with Crippen LogP contribution in [0.3, 0.4) is 0 Å². The number of esters is 1. The third kappa shape index (κ3) is 5.11. The second-order valence-corrected chi connectivity index (χ2v) is 3.00. The molecule has 0 aliphatic rings. The van der Waals surface area contributed by atoms with Gasteiger partial charge in [0.2, 0.25) is 0 Å². The van der Waals surface area contributed by atoms with Crippen molar-refractivity contribution in [2.24, 2.45) is 0 Å². The molecule has 0 heterocycles. The fraction of sp³-hybridized carbons (Fsp3) is 0.833. The van der Waals surface area contributed by atoms with Crippen LogP contribution in [0.15, 0.2) is 0 Å². The van der Waals surface area contributed by atoms with E-state index in [2.05, 4.69) is 28.6 Å². The number of rotatable bonds is 4. The lowest BCUT2D eigenvalue weighted by atomic mass is 10.4. The third-order valence-electron chi connectivity index (χ3n) is 0.912. The van der Waals surface area contributed by atoms with Crippen molar-refractivity contribution >= 4 is 34.5 Å². The molecule has 60 valence electrons. The van der Waals surface area contributed by atoms with Crippen LogP contribution in [0.4, 0.5) is 0 Å². The highest BCUT2D eigenvalue weighted by molar-refractivity contribution is 9.09. The first kappa shape index (κ1) is 10.3. The normalized spacial score (nSPS) is 12.7. The molecule has 1 unspecified atom stereocenters. The topological polar surface area (TPSA) is 26.3 Å². The summed E-state index contributed by atoms with van der Waals surface area (Å²) in [5.41, 5.74) is -0.241. The van der Waals surface area contributed by atoms with E-state index in [9.17, 15) is 4.79 Å². The summed E-state index contributed by atoms with van der Waals surface area (Å²) in [5.74, 6) is -0.256. The van der Waals surface area contributed by atoms with E-state index < -0.39 is 0 Å². The number of ether oxygens (including phenoxy) is 1. The Bertz CT molecular complexity index is 108. The molecule has 0 spiro atoms. The molecule has 0 aliphatic heterocycles. The summed E-state index contributed by atoms with van der Waals surface area (Å²) >= 11 is 7.03. The number of carbonyl (C=O) groups excluding carboxylic acids is 1. The molecule has 10 heavy (non-hydrogen) atoms. The third-order valence-corrected chi connectivity index (χ3v) is 1.73. The van der Waals surface area contributed by atoms with Crippen molar-refractivity contribution in [3.63, 3.8) is 0 Å².